The predicted molar refractivity (Wildman–Crippen MR) is 151 cm³/mol. The van der Waals surface area contributed by atoms with E-state index in [0.717, 1.165) is 27.2 Å². The summed E-state index contributed by atoms with van der Waals surface area (Å²) in [5.41, 5.74) is 0.633. The van der Waals surface area contributed by atoms with Crippen LogP contribution in [0.5, 0.6) is 0 Å². The molecule has 0 radical (unpaired) electrons. The first-order valence-electron chi connectivity index (χ1n) is 9.16. The van der Waals surface area contributed by atoms with E-state index < -0.39 is 13.1 Å². The molecule has 0 amide bonds. The summed E-state index contributed by atoms with van der Waals surface area (Å²) in [7, 11) is 15.6. The van der Waals surface area contributed by atoms with E-state index in [1.165, 1.54) is 5.57 Å². The van der Waals surface area contributed by atoms with Crippen molar-refractivity contribution in [2.24, 2.45) is 22.7 Å². The lowest BCUT2D eigenvalue weighted by molar-refractivity contribution is -0.106. The quantitative estimate of drug-likeness (QED) is 0.262. The van der Waals surface area contributed by atoms with Crippen molar-refractivity contribution in [1.29, 1.82) is 0 Å². The van der Waals surface area contributed by atoms with E-state index in [1.807, 2.05) is 0 Å². The van der Waals surface area contributed by atoms with Crippen LogP contribution in [-0.2, 0) is 4.52 Å². The number of rotatable bonds is 6. The summed E-state index contributed by atoms with van der Waals surface area (Å²) in [6.07, 6.45) is 5.60. The van der Waals surface area contributed by atoms with Crippen LogP contribution < -0.4 is 0 Å². The zero-order valence-electron chi connectivity index (χ0n) is 16.5. The highest BCUT2D eigenvalue weighted by molar-refractivity contribution is 9.10. The molecule has 2 saturated carbocycles. The maximum Gasteiger partial charge on any atom is 0.0943 e. The summed E-state index contributed by atoms with van der Waals surface area (Å²) in [6.45, 7) is 8.79. The van der Waals surface area contributed by atoms with Gasteiger partial charge in [0.1, 0.15) is 0 Å². The lowest BCUT2D eigenvalue weighted by atomic mass is 9.54. The van der Waals surface area contributed by atoms with Crippen molar-refractivity contribution in [3.05, 3.63) is 11.6 Å². The van der Waals surface area contributed by atoms with Crippen LogP contribution in [0.15, 0.2) is 11.6 Å². The molecule has 1 spiro atoms. The van der Waals surface area contributed by atoms with Gasteiger partial charge in [-0.25, -0.2) is 0 Å². The Morgan fingerprint density at radius 1 is 1.22 bits per heavy atom. The molecule has 2 nitrogen and oxygen atoms in total. The van der Waals surface area contributed by atoms with Crippen LogP contribution in [0.4, 0.5) is 0 Å². The molecule has 27 heavy (non-hydrogen) atoms. The Bertz CT molecular complexity index is 613. The molecule has 2 fully saturated rings. The number of fused-ring (bicyclic) bond motifs is 1. The van der Waals surface area contributed by atoms with Crippen LogP contribution in [0.1, 0.15) is 47.0 Å². The molecule has 13 unspecified atom stereocenters. The average Bonchev–Trinajstić information content (AvgIpc) is 2.81. The molecule has 2 bridgehead atoms. The van der Waals surface area contributed by atoms with E-state index in [1.54, 1.807) is 0 Å². The highest BCUT2D eigenvalue weighted by Crippen LogP contribution is 3.09. The summed E-state index contributed by atoms with van der Waals surface area (Å²) in [5.74, 6) is 0.856. The Labute approximate surface area is 183 Å². The Morgan fingerprint density at radius 2 is 1.85 bits per heavy atom. The molecule has 0 aromatic carbocycles. The minimum atomic E-state index is -0.618. The Hall–Kier alpha value is 3.96. The third-order valence-electron chi connectivity index (χ3n) is 7.39. The van der Waals surface area contributed by atoms with Gasteiger partial charge in [-0.1, -0.05) is 40.4 Å². The van der Waals surface area contributed by atoms with Crippen molar-refractivity contribution < 1.29 is 9.63 Å². The van der Waals surface area contributed by atoms with E-state index in [9.17, 15) is 5.11 Å². The molecule has 0 aliphatic heterocycles. The molecular weight excluding hydrogens is 522 g/mol. The highest BCUT2D eigenvalue weighted by Gasteiger charge is 2.77. The fourth-order valence-corrected chi connectivity index (χ4v) is 72.5. The molecule has 0 heterocycles. The van der Waals surface area contributed by atoms with E-state index in [-0.39, 0.29) is 37.9 Å². The van der Waals surface area contributed by atoms with Crippen molar-refractivity contribution in [3.8, 4) is 0 Å². The summed E-state index contributed by atoms with van der Waals surface area (Å²) >= 11 is 0. The van der Waals surface area contributed by atoms with E-state index >= 15 is 0 Å². The Kier molecular flexibility index (Phi) is 8.82. The lowest BCUT2D eigenvalue weighted by Gasteiger charge is -2.54. The predicted octanol–water partition coefficient (Wildman–Crippen LogP) is 8.66. The molecule has 3 aliphatic carbocycles. The third-order valence-corrected chi connectivity index (χ3v) is 54.6. The maximum absolute atomic E-state index is 12.1. The molecule has 0 saturated heterocycles. The first kappa shape index (κ1) is 25.6. The van der Waals surface area contributed by atoms with Gasteiger partial charge < -0.3 is 9.63 Å². The highest BCUT2D eigenvalue weighted by atomic mass is 33.1. The second-order valence-electron chi connectivity index (χ2n) is 8.64. The molecule has 3 aliphatic rings. The van der Waals surface area contributed by atoms with Gasteiger partial charge in [0, 0.05) is 6.99 Å². The van der Waals surface area contributed by atoms with Gasteiger partial charge >= 0.3 is 0 Å². The van der Waals surface area contributed by atoms with E-state index in [0.29, 0.717) is 11.8 Å². The second kappa shape index (κ2) is 9.31. The van der Waals surface area contributed by atoms with Crippen molar-refractivity contribution >= 4 is 81.1 Å². The first-order chi connectivity index (χ1) is 12.4. The molecule has 0 aromatic rings. The number of aliphatic hydroxyl groups is 1. The maximum atomic E-state index is 12.1. The summed E-state index contributed by atoms with van der Waals surface area (Å²) < 4.78 is 7.18. The minimum Gasteiger partial charge on any atom is -0.389 e. The molecule has 13 atom stereocenters. The summed E-state index contributed by atoms with van der Waals surface area (Å²) in [6, 6.07) is 0. The van der Waals surface area contributed by atoms with Crippen molar-refractivity contribution in [2.75, 3.05) is 0 Å². The third kappa shape index (κ3) is 3.85. The average molecular weight is 556 g/mol. The molecule has 3 rings (SSSR count). The fraction of sp³-hybridized carbons (Fsp3) is 0.867. The molecule has 156 valence electrons. The van der Waals surface area contributed by atoms with Gasteiger partial charge in [-0.2, -0.15) is 0 Å². The largest absolute Gasteiger partial charge is 0.389 e. The zero-order chi connectivity index (χ0) is 20.4. The minimum absolute atomic E-state index is 0.0835. The number of hydrogen-bond acceptors (Lipinski definition) is 2. The van der Waals surface area contributed by atoms with Crippen LogP contribution in [0.3, 0.4) is 0 Å². The lowest BCUT2D eigenvalue weighted by Crippen LogP contribution is -2.55. The van der Waals surface area contributed by atoms with Crippen LogP contribution in [0.25, 0.3) is 0 Å². The monoisotopic (exact) mass is 556 g/mol. The van der Waals surface area contributed by atoms with Gasteiger partial charge in [-0.15, -0.1) is 44.6 Å². The van der Waals surface area contributed by atoms with Crippen LogP contribution >= 0.6 is 81.1 Å². The molecule has 0 aromatic heterocycles. The number of allylic oxidation sites excluding steroid dienone is 1. The summed E-state index contributed by atoms with van der Waals surface area (Å²) in [4.78, 5) is 0. The van der Waals surface area contributed by atoms with Crippen LogP contribution in [0, 0.1) is 22.7 Å². The first-order valence-corrected chi connectivity index (χ1v) is 26.7. The second-order valence-corrected chi connectivity index (χ2v) is 43.1. The Balaban J connectivity index is 2.05. The SMILES string of the molecule is CC1=CCC2CC3(O)C(C)CC(OP(P(P)P)P(PP)P(P)P)C13C2(C)C. The molecular formula is C15H34O2P10. The van der Waals surface area contributed by atoms with Gasteiger partial charge in [-0.3, -0.25) is 0 Å². The van der Waals surface area contributed by atoms with Gasteiger partial charge in [0.15, 0.2) is 0 Å². The molecule has 12 heteroatoms. The van der Waals surface area contributed by atoms with E-state index in [4.69, 9.17) is 4.52 Å². The van der Waals surface area contributed by atoms with Gasteiger partial charge in [0.25, 0.3) is 0 Å². The summed E-state index contributed by atoms with van der Waals surface area (Å²) in [5, 5.41) is 12.1. The normalized spacial score (nSPS) is 42.8. The zero-order valence-corrected chi connectivity index (χ0v) is 26.8. The topological polar surface area (TPSA) is 29.5 Å². The fourth-order valence-electron chi connectivity index (χ4n) is 6.25. The number of hydrogen-bond donors (Lipinski definition) is 1. The van der Waals surface area contributed by atoms with Crippen LogP contribution in [-0.4, -0.2) is 16.8 Å². The molecule has 1 N–H and O–H groups in total. The van der Waals surface area contributed by atoms with Gasteiger partial charge in [-0.05, 0) is 57.4 Å². The van der Waals surface area contributed by atoms with E-state index in [2.05, 4.69) is 78.4 Å². The van der Waals surface area contributed by atoms with Crippen molar-refractivity contribution in [1.82, 2.24) is 0 Å². The standard InChI is InChI=1S/C15H34O2P10/c1-9-5-6-11-8-14(16)10(2)7-12(15(9,14)13(11,3)4)17-24(25(19)20)27(23-18)26(21)22/h5,10-12,16,23H,6-8,18-22H2,1-4H3. The van der Waals surface area contributed by atoms with Crippen molar-refractivity contribution in [3.63, 3.8) is 0 Å². The van der Waals surface area contributed by atoms with Gasteiger partial charge in [0.2, 0.25) is 0 Å². The van der Waals surface area contributed by atoms with Gasteiger partial charge in [0.05, 0.1) is 24.6 Å². The van der Waals surface area contributed by atoms with Crippen LogP contribution in [0.2, 0.25) is 0 Å². The van der Waals surface area contributed by atoms with Crippen molar-refractivity contribution in [2.45, 2.75) is 58.7 Å². The smallest absolute Gasteiger partial charge is 0.0943 e. The Morgan fingerprint density at radius 3 is 2.37 bits per heavy atom.